The summed E-state index contributed by atoms with van der Waals surface area (Å²) in [5, 5.41) is 0. The molecule has 0 unspecified atom stereocenters. The summed E-state index contributed by atoms with van der Waals surface area (Å²) in [5.74, 6) is 2.48. The van der Waals surface area contributed by atoms with E-state index in [0.717, 1.165) is 22.6 Å². The molecule has 0 bridgehead atoms. The van der Waals surface area contributed by atoms with Crippen LogP contribution in [0.25, 0.3) is 0 Å². The minimum atomic E-state index is -0.933. The molecule has 38 heavy (non-hydrogen) atoms. The predicted molar refractivity (Wildman–Crippen MR) is 141 cm³/mol. The maximum atomic E-state index is 13.9. The molecule has 0 aliphatic carbocycles. The molecule has 0 saturated carbocycles. The SMILES string of the molecule is CCOCN1C(=O)N(Cc2cc(OC)cc(OC)c2)C(=O)C12CCN(Cc1cc(OC)cc(OC)c1)CC2. The van der Waals surface area contributed by atoms with Crippen LogP contribution in [0.4, 0.5) is 4.79 Å². The number of ether oxygens (including phenoxy) is 5. The minimum absolute atomic E-state index is 0.0755. The van der Waals surface area contributed by atoms with Crippen LogP contribution in [0.3, 0.4) is 0 Å². The standard InChI is InChI=1S/C28H37N3O7/c1-6-38-19-31-27(33)30(18-21-13-24(36-4)16-25(14-21)37-5)26(32)28(31)7-9-29(10-8-28)17-20-11-22(34-2)15-23(12-20)35-3/h11-16H,6-10,17-19H2,1-5H3. The number of methoxy groups -OCH3 is 4. The number of rotatable bonds is 11. The van der Waals surface area contributed by atoms with E-state index >= 15 is 0 Å². The molecule has 2 aliphatic rings. The average molecular weight is 528 g/mol. The molecule has 0 aromatic heterocycles. The summed E-state index contributed by atoms with van der Waals surface area (Å²) in [7, 11) is 6.40. The van der Waals surface area contributed by atoms with Gasteiger partial charge in [-0.25, -0.2) is 4.79 Å². The molecule has 2 heterocycles. The van der Waals surface area contributed by atoms with Crippen LogP contribution in [0.5, 0.6) is 23.0 Å². The summed E-state index contributed by atoms with van der Waals surface area (Å²) < 4.78 is 27.2. The first kappa shape index (κ1) is 27.5. The van der Waals surface area contributed by atoms with Crippen LogP contribution in [-0.2, 0) is 22.6 Å². The monoisotopic (exact) mass is 527 g/mol. The molecule has 2 aromatic carbocycles. The van der Waals surface area contributed by atoms with Crippen molar-refractivity contribution in [1.82, 2.24) is 14.7 Å². The molecule has 4 rings (SSSR count). The number of urea groups is 1. The summed E-state index contributed by atoms with van der Waals surface area (Å²) in [6, 6.07) is 10.9. The lowest BCUT2D eigenvalue weighted by Gasteiger charge is -2.42. The summed E-state index contributed by atoms with van der Waals surface area (Å²) in [6.45, 7) is 4.52. The van der Waals surface area contributed by atoms with Gasteiger partial charge in [-0.1, -0.05) is 0 Å². The minimum Gasteiger partial charge on any atom is -0.497 e. The molecule has 10 nitrogen and oxygen atoms in total. The van der Waals surface area contributed by atoms with Gasteiger partial charge in [0.15, 0.2) is 0 Å². The lowest BCUT2D eigenvalue weighted by atomic mass is 9.86. The van der Waals surface area contributed by atoms with E-state index in [1.165, 1.54) is 4.90 Å². The van der Waals surface area contributed by atoms with E-state index in [2.05, 4.69) is 4.90 Å². The van der Waals surface area contributed by atoms with E-state index in [9.17, 15) is 9.59 Å². The fourth-order valence-electron chi connectivity index (χ4n) is 5.20. The maximum Gasteiger partial charge on any atom is 0.329 e. The number of likely N-dealkylation sites (tertiary alicyclic amines) is 1. The molecule has 10 heteroatoms. The lowest BCUT2D eigenvalue weighted by Crippen LogP contribution is -2.56. The van der Waals surface area contributed by atoms with Crippen molar-refractivity contribution in [2.75, 3.05) is 54.9 Å². The molecule has 2 aliphatic heterocycles. The Bertz CT molecular complexity index is 1100. The number of piperidine rings is 1. The second-order valence-electron chi connectivity index (χ2n) is 9.47. The Morgan fingerprint density at radius 1 is 0.737 bits per heavy atom. The van der Waals surface area contributed by atoms with Gasteiger partial charge in [-0.05, 0) is 55.2 Å². The average Bonchev–Trinajstić information content (AvgIpc) is 3.13. The number of benzene rings is 2. The molecule has 0 radical (unpaired) electrons. The number of nitrogens with zero attached hydrogens (tertiary/aromatic N) is 3. The van der Waals surface area contributed by atoms with Crippen molar-refractivity contribution in [3.8, 4) is 23.0 Å². The second-order valence-corrected chi connectivity index (χ2v) is 9.47. The van der Waals surface area contributed by atoms with Crippen molar-refractivity contribution in [1.29, 1.82) is 0 Å². The molecule has 2 saturated heterocycles. The Morgan fingerprint density at radius 3 is 1.66 bits per heavy atom. The van der Waals surface area contributed by atoms with Crippen LogP contribution in [0, 0.1) is 0 Å². The maximum absolute atomic E-state index is 13.9. The summed E-state index contributed by atoms with van der Waals surface area (Å²) in [4.78, 5) is 32.7. The molecule has 0 atom stereocenters. The first-order valence-electron chi connectivity index (χ1n) is 12.7. The van der Waals surface area contributed by atoms with Gasteiger partial charge in [-0.15, -0.1) is 0 Å². The summed E-state index contributed by atoms with van der Waals surface area (Å²) in [5.41, 5.74) is 0.879. The van der Waals surface area contributed by atoms with Crippen LogP contribution in [0.2, 0.25) is 0 Å². The Morgan fingerprint density at radius 2 is 1.21 bits per heavy atom. The van der Waals surface area contributed by atoms with Crippen molar-refractivity contribution >= 4 is 11.9 Å². The third-order valence-corrected chi connectivity index (χ3v) is 7.30. The number of imide groups is 1. The van der Waals surface area contributed by atoms with Crippen LogP contribution >= 0.6 is 0 Å². The van der Waals surface area contributed by atoms with Crippen LogP contribution < -0.4 is 18.9 Å². The largest absolute Gasteiger partial charge is 0.497 e. The Labute approximate surface area is 223 Å². The molecular weight excluding hydrogens is 490 g/mol. The van der Waals surface area contributed by atoms with Crippen molar-refractivity contribution in [3.05, 3.63) is 47.5 Å². The zero-order valence-corrected chi connectivity index (χ0v) is 22.8. The van der Waals surface area contributed by atoms with Gasteiger partial charge >= 0.3 is 6.03 Å². The third-order valence-electron chi connectivity index (χ3n) is 7.30. The highest BCUT2D eigenvalue weighted by atomic mass is 16.5. The Kier molecular flexibility index (Phi) is 8.63. The van der Waals surface area contributed by atoms with Crippen LogP contribution in [-0.4, -0.2) is 87.0 Å². The Balaban J connectivity index is 1.53. The Hall–Kier alpha value is -3.50. The fraction of sp³-hybridized carbons (Fsp3) is 0.500. The van der Waals surface area contributed by atoms with Gasteiger partial charge in [-0.3, -0.25) is 19.5 Å². The molecule has 3 amide bonds. The first-order valence-corrected chi connectivity index (χ1v) is 12.7. The molecule has 2 fully saturated rings. The molecule has 0 N–H and O–H groups in total. The van der Waals surface area contributed by atoms with E-state index < -0.39 is 5.54 Å². The first-order chi connectivity index (χ1) is 18.4. The zero-order valence-electron chi connectivity index (χ0n) is 22.8. The molecule has 2 aromatic rings. The van der Waals surface area contributed by atoms with Crippen LogP contribution in [0.15, 0.2) is 36.4 Å². The number of hydrogen-bond donors (Lipinski definition) is 0. The van der Waals surface area contributed by atoms with Gasteiger partial charge in [0.25, 0.3) is 5.91 Å². The highest BCUT2D eigenvalue weighted by Gasteiger charge is 2.58. The van der Waals surface area contributed by atoms with Gasteiger partial charge in [-0.2, -0.15) is 0 Å². The van der Waals surface area contributed by atoms with E-state index in [1.54, 1.807) is 39.4 Å². The predicted octanol–water partition coefficient (Wildman–Crippen LogP) is 3.51. The molecular formula is C28H37N3O7. The highest BCUT2D eigenvalue weighted by Crippen LogP contribution is 2.39. The smallest absolute Gasteiger partial charge is 0.329 e. The van der Waals surface area contributed by atoms with Crippen molar-refractivity contribution in [2.45, 2.75) is 38.4 Å². The summed E-state index contributed by atoms with van der Waals surface area (Å²) >= 11 is 0. The topological polar surface area (TPSA) is 90.0 Å². The number of carbonyl (C=O) groups is 2. The van der Waals surface area contributed by atoms with Gasteiger partial charge in [0.05, 0.1) is 35.0 Å². The molecule has 1 spiro atoms. The van der Waals surface area contributed by atoms with Crippen molar-refractivity contribution < 1.29 is 33.3 Å². The second kappa shape index (κ2) is 11.9. The van der Waals surface area contributed by atoms with E-state index in [-0.39, 0.29) is 25.2 Å². The highest BCUT2D eigenvalue weighted by molar-refractivity contribution is 6.07. The van der Waals surface area contributed by atoms with E-state index in [1.807, 2.05) is 37.3 Å². The normalized spacial score (nSPS) is 17.3. The zero-order chi connectivity index (χ0) is 27.3. The number of amides is 3. The third kappa shape index (κ3) is 5.51. The lowest BCUT2D eigenvalue weighted by molar-refractivity contribution is -0.138. The van der Waals surface area contributed by atoms with Crippen molar-refractivity contribution in [2.24, 2.45) is 0 Å². The number of carbonyl (C=O) groups excluding carboxylic acids is 2. The molecule has 206 valence electrons. The van der Waals surface area contributed by atoms with Gasteiger partial charge in [0, 0.05) is 38.4 Å². The quantitative estimate of drug-likeness (QED) is 0.410. The summed E-state index contributed by atoms with van der Waals surface area (Å²) in [6.07, 6.45) is 1.04. The van der Waals surface area contributed by atoms with E-state index in [4.69, 9.17) is 23.7 Å². The van der Waals surface area contributed by atoms with Gasteiger partial charge < -0.3 is 23.7 Å². The van der Waals surface area contributed by atoms with E-state index in [0.29, 0.717) is 50.6 Å². The van der Waals surface area contributed by atoms with Gasteiger partial charge in [0.1, 0.15) is 35.3 Å². The fourth-order valence-corrected chi connectivity index (χ4v) is 5.20. The van der Waals surface area contributed by atoms with Crippen LogP contribution in [0.1, 0.15) is 30.9 Å². The van der Waals surface area contributed by atoms with Gasteiger partial charge in [0.2, 0.25) is 0 Å². The number of hydrogen-bond acceptors (Lipinski definition) is 8. The van der Waals surface area contributed by atoms with Crippen molar-refractivity contribution in [3.63, 3.8) is 0 Å².